The van der Waals surface area contributed by atoms with Crippen molar-refractivity contribution in [3.63, 3.8) is 0 Å². The van der Waals surface area contributed by atoms with E-state index in [2.05, 4.69) is 16.2 Å². The van der Waals surface area contributed by atoms with Crippen molar-refractivity contribution >= 4 is 46.8 Å². The van der Waals surface area contributed by atoms with Gasteiger partial charge < -0.3 is 4.74 Å². The van der Waals surface area contributed by atoms with Crippen molar-refractivity contribution in [3.05, 3.63) is 71.3 Å². The minimum atomic E-state index is -0.462. The van der Waals surface area contributed by atoms with Crippen LogP contribution in [-0.4, -0.2) is 23.5 Å². The summed E-state index contributed by atoms with van der Waals surface area (Å²) in [6, 6.07) is 15.9. The van der Waals surface area contributed by atoms with Gasteiger partial charge in [0.25, 0.3) is 5.91 Å². The van der Waals surface area contributed by atoms with E-state index in [1.54, 1.807) is 30.3 Å². The molecule has 0 fully saturated rings. The molecule has 6 nitrogen and oxygen atoms in total. The van der Waals surface area contributed by atoms with Gasteiger partial charge in [0.1, 0.15) is 5.75 Å². The standard InChI is InChI=1S/C18H16ClN3O3S/c19-14-7-9-15(10-8-14)25-12-17(24)21-22-18(26)20-16(23)11-6-13-4-2-1-3-5-13/h1-11H,12H2,(H,21,24)(H2,20,22,23,26). The highest BCUT2D eigenvalue weighted by molar-refractivity contribution is 7.80. The normalized spacial score (nSPS) is 10.2. The van der Waals surface area contributed by atoms with Crippen LogP contribution in [0.4, 0.5) is 0 Å². The highest BCUT2D eigenvalue weighted by atomic mass is 35.5. The summed E-state index contributed by atoms with van der Waals surface area (Å²) >= 11 is 10.7. The molecule has 2 amide bonds. The molecule has 0 aromatic heterocycles. The molecule has 0 heterocycles. The van der Waals surface area contributed by atoms with Crippen molar-refractivity contribution in [3.8, 4) is 5.75 Å². The van der Waals surface area contributed by atoms with E-state index in [1.165, 1.54) is 6.08 Å². The Morgan fingerprint density at radius 2 is 1.73 bits per heavy atom. The maximum absolute atomic E-state index is 11.7. The van der Waals surface area contributed by atoms with E-state index in [4.69, 9.17) is 28.6 Å². The Morgan fingerprint density at radius 1 is 1.04 bits per heavy atom. The lowest BCUT2D eigenvalue weighted by Crippen LogP contribution is -2.49. The van der Waals surface area contributed by atoms with Crippen LogP contribution >= 0.6 is 23.8 Å². The maximum Gasteiger partial charge on any atom is 0.276 e. The van der Waals surface area contributed by atoms with Crippen LogP contribution < -0.4 is 20.9 Å². The molecule has 8 heteroatoms. The zero-order chi connectivity index (χ0) is 18.8. The number of carbonyl (C=O) groups is 2. The molecule has 0 saturated carbocycles. The van der Waals surface area contributed by atoms with E-state index in [1.807, 2.05) is 30.3 Å². The smallest absolute Gasteiger partial charge is 0.276 e. The van der Waals surface area contributed by atoms with E-state index in [9.17, 15) is 9.59 Å². The molecule has 0 atom stereocenters. The van der Waals surface area contributed by atoms with Crippen LogP contribution in [0.25, 0.3) is 6.08 Å². The number of benzene rings is 2. The molecule has 2 rings (SSSR count). The highest BCUT2D eigenvalue weighted by Crippen LogP contribution is 2.15. The number of amides is 2. The molecule has 0 saturated heterocycles. The minimum absolute atomic E-state index is 0.0347. The van der Waals surface area contributed by atoms with Crippen LogP contribution in [0.15, 0.2) is 60.7 Å². The molecule has 3 N–H and O–H groups in total. The molecule has 0 bridgehead atoms. The first-order chi connectivity index (χ1) is 12.5. The number of halogens is 1. The summed E-state index contributed by atoms with van der Waals surface area (Å²) in [6.45, 7) is -0.223. The quantitative estimate of drug-likeness (QED) is 0.416. The van der Waals surface area contributed by atoms with Crippen LogP contribution in [0.2, 0.25) is 5.02 Å². The van der Waals surface area contributed by atoms with Gasteiger partial charge in [-0.05, 0) is 48.1 Å². The summed E-state index contributed by atoms with van der Waals surface area (Å²) < 4.78 is 5.27. The molecule has 2 aromatic carbocycles. The van der Waals surface area contributed by atoms with E-state index in [0.29, 0.717) is 10.8 Å². The van der Waals surface area contributed by atoms with Crippen LogP contribution in [0.1, 0.15) is 5.56 Å². The van der Waals surface area contributed by atoms with Crippen molar-refractivity contribution in [2.45, 2.75) is 0 Å². The molecule has 26 heavy (non-hydrogen) atoms. The van der Waals surface area contributed by atoms with Crippen molar-refractivity contribution in [1.82, 2.24) is 16.2 Å². The van der Waals surface area contributed by atoms with Crippen molar-refractivity contribution in [1.29, 1.82) is 0 Å². The van der Waals surface area contributed by atoms with Crippen LogP contribution in [0, 0.1) is 0 Å². The first kappa shape index (κ1) is 19.4. The van der Waals surface area contributed by atoms with Gasteiger partial charge in [0.05, 0.1) is 0 Å². The monoisotopic (exact) mass is 389 g/mol. The minimum Gasteiger partial charge on any atom is -0.484 e. The van der Waals surface area contributed by atoms with E-state index < -0.39 is 11.8 Å². The maximum atomic E-state index is 11.7. The van der Waals surface area contributed by atoms with Gasteiger partial charge in [-0.3, -0.25) is 25.8 Å². The van der Waals surface area contributed by atoms with Gasteiger partial charge in [0.15, 0.2) is 11.7 Å². The van der Waals surface area contributed by atoms with Crippen LogP contribution in [0.3, 0.4) is 0 Å². The van der Waals surface area contributed by atoms with E-state index in [-0.39, 0.29) is 11.7 Å². The molecule has 0 unspecified atom stereocenters. The third-order valence-corrected chi connectivity index (χ3v) is 3.42. The van der Waals surface area contributed by atoms with Gasteiger partial charge in [-0.2, -0.15) is 0 Å². The van der Waals surface area contributed by atoms with Gasteiger partial charge in [0, 0.05) is 11.1 Å². The molecule has 0 aliphatic carbocycles. The fourth-order valence-electron chi connectivity index (χ4n) is 1.76. The average Bonchev–Trinajstić information content (AvgIpc) is 2.65. The van der Waals surface area contributed by atoms with E-state index in [0.717, 1.165) is 5.56 Å². The Hall–Kier alpha value is -2.90. The molecule has 2 aromatic rings. The molecule has 0 radical (unpaired) electrons. The van der Waals surface area contributed by atoms with Gasteiger partial charge >= 0.3 is 0 Å². The Labute approximate surface area is 161 Å². The van der Waals surface area contributed by atoms with Gasteiger partial charge in [-0.25, -0.2) is 0 Å². The average molecular weight is 390 g/mol. The largest absolute Gasteiger partial charge is 0.484 e. The summed E-state index contributed by atoms with van der Waals surface area (Å²) in [6.07, 6.45) is 2.99. The lowest BCUT2D eigenvalue weighted by molar-refractivity contribution is -0.123. The molecule has 0 spiro atoms. The van der Waals surface area contributed by atoms with Crippen molar-refractivity contribution in [2.24, 2.45) is 0 Å². The number of nitrogens with one attached hydrogen (secondary N) is 3. The topological polar surface area (TPSA) is 79.5 Å². The van der Waals surface area contributed by atoms with Crippen molar-refractivity contribution < 1.29 is 14.3 Å². The van der Waals surface area contributed by atoms with E-state index >= 15 is 0 Å². The molecular formula is C18H16ClN3O3S. The Balaban J connectivity index is 1.67. The predicted molar refractivity (Wildman–Crippen MR) is 104 cm³/mol. The third kappa shape index (κ3) is 7.33. The summed E-state index contributed by atoms with van der Waals surface area (Å²) in [7, 11) is 0. The second-order valence-electron chi connectivity index (χ2n) is 4.98. The molecule has 0 aliphatic rings. The second-order valence-corrected chi connectivity index (χ2v) is 5.82. The van der Waals surface area contributed by atoms with Crippen LogP contribution in [-0.2, 0) is 9.59 Å². The fraction of sp³-hybridized carbons (Fsp3) is 0.0556. The number of hydrazine groups is 1. The number of hydrogen-bond acceptors (Lipinski definition) is 4. The Morgan fingerprint density at radius 3 is 2.42 bits per heavy atom. The lowest BCUT2D eigenvalue weighted by Gasteiger charge is -2.10. The van der Waals surface area contributed by atoms with Gasteiger partial charge in [-0.1, -0.05) is 41.9 Å². The highest BCUT2D eigenvalue weighted by Gasteiger charge is 2.05. The number of hydrogen-bond donors (Lipinski definition) is 3. The summed E-state index contributed by atoms with van der Waals surface area (Å²) in [5.41, 5.74) is 5.63. The van der Waals surface area contributed by atoms with Crippen molar-refractivity contribution in [2.75, 3.05) is 6.61 Å². The second kappa shape index (κ2) is 10.2. The first-order valence-electron chi connectivity index (χ1n) is 7.54. The zero-order valence-electron chi connectivity index (χ0n) is 13.6. The summed E-state index contributed by atoms with van der Waals surface area (Å²) in [5.74, 6) is -0.374. The predicted octanol–water partition coefficient (Wildman–Crippen LogP) is 2.45. The number of carbonyl (C=O) groups excluding carboxylic acids is 2. The number of thiocarbonyl (C=S) groups is 1. The van der Waals surface area contributed by atoms with Gasteiger partial charge in [0.2, 0.25) is 5.91 Å². The Kier molecular flexibility index (Phi) is 7.60. The number of rotatable bonds is 5. The lowest BCUT2D eigenvalue weighted by atomic mass is 10.2. The van der Waals surface area contributed by atoms with Crippen LogP contribution in [0.5, 0.6) is 5.75 Å². The zero-order valence-corrected chi connectivity index (χ0v) is 15.1. The third-order valence-electron chi connectivity index (χ3n) is 2.96. The molecule has 134 valence electrons. The SMILES string of the molecule is O=C(C=Cc1ccccc1)NC(=S)NNC(=O)COc1ccc(Cl)cc1. The molecule has 0 aliphatic heterocycles. The summed E-state index contributed by atoms with van der Waals surface area (Å²) in [5, 5.41) is 2.95. The Bertz CT molecular complexity index is 795. The van der Waals surface area contributed by atoms with Gasteiger partial charge in [-0.15, -0.1) is 0 Å². The fourth-order valence-corrected chi connectivity index (χ4v) is 2.04. The molecular weight excluding hydrogens is 374 g/mol. The summed E-state index contributed by atoms with van der Waals surface area (Å²) in [4.78, 5) is 23.4. The number of ether oxygens (including phenoxy) is 1. The first-order valence-corrected chi connectivity index (χ1v) is 8.33.